The lowest BCUT2D eigenvalue weighted by molar-refractivity contribution is -0.155. The number of rotatable bonds is 7. The van der Waals surface area contributed by atoms with Crippen molar-refractivity contribution in [1.82, 2.24) is 0 Å². The summed E-state index contributed by atoms with van der Waals surface area (Å²) in [5.74, 6) is 0.0342. The van der Waals surface area contributed by atoms with E-state index in [1.165, 1.54) is 16.7 Å². The summed E-state index contributed by atoms with van der Waals surface area (Å²) in [6.07, 6.45) is 7.33. The summed E-state index contributed by atoms with van der Waals surface area (Å²) in [5.41, 5.74) is 3.64. The smallest absolute Gasteiger partial charge is 0.312 e. The molecule has 0 amide bonds. The van der Waals surface area contributed by atoms with Crippen molar-refractivity contribution in [3.05, 3.63) is 60.2 Å². The molecule has 0 radical (unpaired) electrons. The Bertz CT molecular complexity index is 667. The standard InChI is InChI=1S/C23H28O2/c1-2-25-22(24)23(16-6-7-17-23)18-8-9-19-12-14-21(15-13-19)20-10-4-3-5-11-20/h3-5,10-15H,2,6-9,16-18H2,1H3. The molecule has 0 N–H and O–H groups in total. The Kier molecular flexibility index (Phi) is 5.91. The Labute approximate surface area is 151 Å². The lowest BCUT2D eigenvalue weighted by atomic mass is 9.80. The molecule has 1 aliphatic carbocycles. The molecule has 1 aliphatic rings. The number of hydrogen-bond donors (Lipinski definition) is 0. The predicted octanol–water partition coefficient (Wildman–Crippen LogP) is 5.80. The largest absolute Gasteiger partial charge is 0.466 e. The highest BCUT2D eigenvalue weighted by molar-refractivity contribution is 5.77. The summed E-state index contributed by atoms with van der Waals surface area (Å²) in [6.45, 7) is 2.39. The minimum absolute atomic E-state index is 0.0342. The first-order valence-corrected chi connectivity index (χ1v) is 9.55. The molecule has 2 heteroatoms. The minimum Gasteiger partial charge on any atom is -0.466 e. The lowest BCUT2D eigenvalue weighted by Crippen LogP contribution is -2.30. The van der Waals surface area contributed by atoms with E-state index in [1.807, 2.05) is 13.0 Å². The molecule has 2 aromatic carbocycles. The topological polar surface area (TPSA) is 26.3 Å². The van der Waals surface area contributed by atoms with Crippen LogP contribution in [0.15, 0.2) is 54.6 Å². The van der Waals surface area contributed by atoms with E-state index < -0.39 is 0 Å². The van der Waals surface area contributed by atoms with E-state index >= 15 is 0 Å². The molecule has 25 heavy (non-hydrogen) atoms. The van der Waals surface area contributed by atoms with Crippen molar-refractivity contribution in [1.29, 1.82) is 0 Å². The molecule has 2 nitrogen and oxygen atoms in total. The molecule has 3 rings (SSSR count). The van der Waals surface area contributed by atoms with Gasteiger partial charge in [0.1, 0.15) is 0 Å². The summed E-state index contributed by atoms with van der Waals surface area (Å²) < 4.78 is 5.36. The average Bonchev–Trinajstić information content (AvgIpc) is 3.13. The predicted molar refractivity (Wildman–Crippen MR) is 102 cm³/mol. The second-order valence-corrected chi connectivity index (χ2v) is 7.12. The third-order valence-corrected chi connectivity index (χ3v) is 5.45. The summed E-state index contributed by atoms with van der Waals surface area (Å²) in [4.78, 5) is 12.4. The second-order valence-electron chi connectivity index (χ2n) is 7.12. The highest BCUT2D eigenvalue weighted by atomic mass is 16.5. The van der Waals surface area contributed by atoms with Gasteiger partial charge in [-0.1, -0.05) is 67.4 Å². The fourth-order valence-electron chi connectivity index (χ4n) is 4.02. The van der Waals surface area contributed by atoms with Gasteiger partial charge in [-0.2, -0.15) is 0 Å². The number of benzene rings is 2. The Morgan fingerprint density at radius 1 is 0.960 bits per heavy atom. The van der Waals surface area contributed by atoms with Gasteiger partial charge in [0, 0.05) is 0 Å². The van der Waals surface area contributed by atoms with Crippen molar-refractivity contribution >= 4 is 5.97 Å². The van der Waals surface area contributed by atoms with Gasteiger partial charge in [0.05, 0.1) is 12.0 Å². The van der Waals surface area contributed by atoms with Gasteiger partial charge in [0.2, 0.25) is 0 Å². The van der Waals surface area contributed by atoms with Crippen LogP contribution in [0.5, 0.6) is 0 Å². The Morgan fingerprint density at radius 3 is 2.24 bits per heavy atom. The van der Waals surface area contributed by atoms with E-state index in [0.717, 1.165) is 44.9 Å². The number of ether oxygens (including phenoxy) is 1. The van der Waals surface area contributed by atoms with Crippen LogP contribution >= 0.6 is 0 Å². The molecule has 0 bridgehead atoms. The van der Waals surface area contributed by atoms with Crippen LogP contribution in [-0.4, -0.2) is 12.6 Å². The first-order valence-electron chi connectivity index (χ1n) is 9.55. The van der Waals surface area contributed by atoms with Crippen LogP contribution in [0.1, 0.15) is 51.0 Å². The van der Waals surface area contributed by atoms with Gasteiger partial charge in [-0.3, -0.25) is 4.79 Å². The second kappa shape index (κ2) is 8.33. The number of carbonyl (C=O) groups excluding carboxylic acids is 1. The van der Waals surface area contributed by atoms with Gasteiger partial charge in [0.25, 0.3) is 0 Å². The molecule has 132 valence electrons. The zero-order valence-electron chi connectivity index (χ0n) is 15.2. The minimum atomic E-state index is -0.208. The molecule has 0 unspecified atom stereocenters. The average molecular weight is 336 g/mol. The molecule has 0 heterocycles. The van der Waals surface area contributed by atoms with Gasteiger partial charge in [-0.05, 0) is 55.7 Å². The van der Waals surface area contributed by atoms with Crippen LogP contribution in [0.4, 0.5) is 0 Å². The molecular weight excluding hydrogens is 308 g/mol. The number of hydrogen-bond acceptors (Lipinski definition) is 2. The van der Waals surface area contributed by atoms with Crippen LogP contribution in [0, 0.1) is 5.41 Å². The summed E-state index contributed by atoms with van der Waals surface area (Å²) >= 11 is 0. The SMILES string of the molecule is CCOC(=O)C1(CCCc2ccc(-c3ccccc3)cc2)CCCC1. The normalized spacial score (nSPS) is 15.9. The molecule has 2 aromatic rings. The van der Waals surface area contributed by atoms with Gasteiger partial charge < -0.3 is 4.74 Å². The summed E-state index contributed by atoms with van der Waals surface area (Å²) in [6, 6.07) is 19.3. The fraction of sp³-hybridized carbons (Fsp3) is 0.435. The highest BCUT2D eigenvalue weighted by Crippen LogP contribution is 2.43. The third-order valence-electron chi connectivity index (χ3n) is 5.45. The van der Waals surface area contributed by atoms with Gasteiger partial charge in [-0.25, -0.2) is 0 Å². The molecule has 1 fully saturated rings. The van der Waals surface area contributed by atoms with Crippen LogP contribution in [0.3, 0.4) is 0 Å². The molecule has 0 aromatic heterocycles. The van der Waals surface area contributed by atoms with Crippen molar-refractivity contribution < 1.29 is 9.53 Å². The van der Waals surface area contributed by atoms with Gasteiger partial charge in [0.15, 0.2) is 0 Å². The Hall–Kier alpha value is -2.09. The van der Waals surface area contributed by atoms with Crippen molar-refractivity contribution in [3.63, 3.8) is 0 Å². The van der Waals surface area contributed by atoms with E-state index in [0.29, 0.717) is 6.61 Å². The Morgan fingerprint density at radius 2 is 1.60 bits per heavy atom. The van der Waals surface area contributed by atoms with Crippen LogP contribution in [0.25, 0.3) is 11.1 Å². The fourth-order valence-corrected chi connectivity index (χ4v) is 4.02. The first kappa shape index (κ1) is 17.7. The zero-order valence-corrected chi connectivity index (χ0v) is 15.2. The lowest BCUT2D eigenvalue weighted by Gasteiger charge is -2.26. The highest BCUT2D eigenvalue weighted by Gasteiger charge is 2.41. The number of aryl methyl sites for hydroxylation is 1. The third kappa shape index (κ3) is 4.31. The van der Waals surface area contributed by atoms with Gasteiger partial charge >= 0.3 is 5.97 Å². The molecule has 0 atom stereocenters. The van der Waals surface area contributed by atoms with E-state index in [2.05, 4.69) is 48.5 Å². The molecule has 0 spiro atoms. The maximum Gasteiger partial charge on any atom is 0.312 e. The first-order chi connectivity index (χ1) is 12.2. The quantitative estimate of drug-likeness (QED) is 0.597. The Balaban J connectivity index is 1.57. The van der Waals surface area contributed by atoms with Crippen molar-refractivity contribution in [3.8, 4) is 11.1 Å². The monoisotopic (exact) mass is 336 g/mol. The van der Waals surface area contributed by atoms with Crippen LogP contribution < -0.4 is 0 Å². The summed E-state index contributed by atoms with van der Waals surface area (Å²) in [7, 11) is 0. The van der Waals surface area contributed by atoms with Crippen molar-refractivity contribution in [2.45, 2.75) is 51.9 Å². The number of carbonyl (C=O) groups is 1. The van der Waals surface area contributed by atoms with E-state index in [9.17, 15) is 4.79 Å². The maximum absolute atomic E-state index is 12.4. The molecule has 0 aliphatic heterocycles. The molecular formula is C23H28O2. The van der Waals surface area contributed by atoms with E-state index in [1.54, 1.807) is 0 Å². The maximum atomic E-state index is 12.4. The van der Waals surface area contributed by atoms with Gasteiger partial charge in [-0.15, -0.1) is 0 Å². The zero-order chi connectivity index (χ0) is 17.5. The van der Waals surface area contributed by atoms with Crippen molar-refractivity contribution in [2.75, 3.05) is 6.61 Å². The number of esters is 1. The molecule has 1 saturated carbocycles. The van der Waals surface area contributed by atoms with Crippen LogP contribution in [-0.2, 0) is 16.0 Å². The van der Waals surface area contributed by atoms with Crippen molar-refractivity contribution in [2.24, 2.45) is 5.41 Å². The summed E-state index contributed by atoms with van der Waals surface area (Å²) in [5, 5.41) is 0. The van der Waals surface area contributed by atoms with E-state index in [-0.39, 0.29) is 11.4 Å². The molecule has 0 saturated heterocycles. The van der Waals surface area contributed by atoms with E-state index in [4.69, 9.17) is 4.74 Å². The van der Waals surface area contributed by atoms with Crippen LogP contribution in [0.2, 0.25) is 0 Å².